The quantitative estimate of drug-likeness (QED) is 0.899. The number of carboxylic acids is 1. The van der Waals surface area contributed by atoms with Crippen LogP contribution in [0.3, 0.4) is 0 Å². The van der Waals surface area contributed by atoms with Gasteiger partial charge in [-0.15, -0.1) is 0 Å². The fourth-order valence-electron chi connectivity index (χ4n) is 2.90. The molecule has 0 unspecified atom stereocenters. The molecule has 1 aliphatic heterocycles. The van der Waals surface area contributed by atoms with Crippen molar-refractivity contribution in [2.45, 2.75) is 32.4 Å². The number of aryl methyl sites for hydroxylation is 2. The molecule has 0 bridgehead atoms. The Morgan fingerprint density at radius 3 is 2.96 bits per heavy atom. The second-order valence-corrected chi connectivity index (χ2v) is 5.66. The number of anilines is 1. The Kier molecular flexibility index (Phi) is 3.85. The first-order valence-corrected chi connectivity index (χ1v) is 7.29. The van der Waals surface area contributed by atoms with Crippen molar-refractivity contribution in [1.29, 1.82) is 0 Å². The molecule has 0 fully saturated rings. The zero-order chi connectivity index (χ0) is 16.6. The molecule has 1 aromatic carbocycles. The van der Waals surface area contributed by atoms with Gasteiger partial charge in [-0.25, -0.2) is 14.2 Å². The van der Waals surface area contributed by atoms with Crippen molar-refractivity contribution < 1.29 is 14.3 Å². The fourth-order valence-corrected chi connectivity index (χ4v) is 2.90. The summed E-state index contributed by atoms with van der Waals surface area (Å²) in [6.45, 7) is 2.02. The summed E-state index contributed by atoms with van der Waals surface area (Å²) >= 11 is 0. The molecule has 0 aliphatic carbocycles. The van der Waals surface area contributed by atoms with E-state index in [4.69, 9.17) is 0 Å². The monoisotopic (exact) mass is 317 g/mol. The highest BCUT2D eigenvalue weighted by atomic mass is 19.1. The number of halogens is 1. The Labute approximate surface area is 131 Å². The number of fused-ring (bicyclic) bond motifs is 1. The lowest BCUT2D eigenvalue weighted by Gasteiger charge is -2.12. The van der Waals surface area contributed by atoms with Gasteiger partial charge in [-0.1, -0.05) is 6.07 Å². The summed E-state index contributed by atoms with van der Waals surface area (Å²) in [5.74, 6) is -1.29. The van der Waals surface area contributed by atoms with Crippen LogP contribution in [0.2, 0.25) is 0 Å². The van der Waals surface area contributed by atoms with Gasteiger partial charge in [0.15, 0.2) is 5.82 Å². The second-order valence-electron chi connectivity index (χ2n) is 5.66. The van der Waals surface area contributed by atoms with Gasteiger partial charge in [-0.05, 0) is 43.0 Å². The lowest BCUT2D eigenvalue weighted by Crippen LogP contribution is -2.30. The van der Waals surface area contributed by atoms with Crippen molar-refractivity contribution in [1.82, 2.24) is 9.55 Å². The van der Waals surface area contributed by atoms with Crippen molar-refractivity contribution in [3.63, 3.8) is 0 Å². The Morgan fingerprint density at radius 2 is 2.26 bits per heavy atom. The topological polar surface area (TPSA) is 84.2 Å². The first-order chi connectivity index (χ1) is 11.0. The highest BCUT2D eigenvalue weighted by molar-refractivity contribution is 5.72. The van der Waals surface area contributed by atoms with Gasteiger partial charge in [0.25, 0.3) is 5.56 Å². The van der Waals surface area contributed by atoms with Crippen LogP contribution in [0.1, 0.15) is 29.3 Å². The van der Waals surface area contributed by atoms with Gasteiger partial charge < -0.3 is 10.4 Å². The summed E-state index contributed by atoms with van der Waals surface area (Å²) in [4.78, 5) is 27.7. The van der Waals surface area contributed by atoms with E-state index in [1.54, 1.807) is 13.0 Å². The molecular weight excluding hydrogens is 301 g/mol. The van der Waals surface area contributed by atoms with Gasteiger partial charge in [-0.3, -0.25) is 9.36 Å². The largest absolute Gasteiger partial charge is 0.480 e. The molecule has 0 saturated heterocycles. The molecule has 2 aromatic rings. The van der Waals surface area contributed by atoms with Crippen LogP contribution in [0, 0.1) is 12.7 Å². The van der Waals surface area contributed by atoms with Crippen LogP contribution in [-0.2, 0) is 17.8 Å². The molecule has 3 rings (SSSR count). The maximum atomic E-state index is 13.4. The fraction of sp³-hybridized carbons (Fsp3) is 0.312. The second kappa shape index (κ2) is 5.83. The van der Waals surface area contributed by atoms with E-state index in [0.717, 1.165) is 5.56 Å². The van der Waals surface area contributed by atoms with Crippen molar-refractivity contribution in [2.75, 3.05) is 5.32 Å². The predicted octanol–water partition coefficient (Wildman–Crippen LogP) is 1.87. The normalized spacial score (nSPS) is 16.2. The maximum Gasteiger partial charge on any atom is 0.326 e. The smallest absolute Gasteiger partial charge is 0.326 e. The SMILES string of the molecule is Cc1cc(F)cc(CNc2ncc3n(c2=O)[C@@H](C(=O)O)CC3)c1. The van der Waals surface area contributed by atoms with Crippen molar-refractivity contribution in [3.05, 3.63) is 57.4 Å². The molecule has 1 aromatic heterocycles. The molecule has 1 aliphatic rings. The summed E-state index contributed by atoms with van der Waals surface area (Å²) in [5.41, 5.74) is 1.63. The standard InChI is InChI=1S/C16H16FN3O3/c1-9-4-10(6-11(17)5-9)7-18-14-15(21)20-12(8-19-14)2-3-13(20)16(22)23/h4-6,8,13H,2-3,7H2,1H3,(H,18,19)(H,22,23)/t13-/m1/s1. The van der Waals surface area contributed by atoms with E-state index in [-0.39, 0.29) is 18.2 Å². The minimum Gasteiger partial charge on any atom is -0.480 e. The number of benzene rings is 1. The third-order valence-corrected chi connectivity index (χ3v) is 3.91. The van der Waals surface area contributed by atoms with Gasteiger partial charge in [0, 0.05) is 18.4 Å². The summed E-state index contributed by atoms with van der Waals surface area (Å²) in [6.07, 6.45) is 2.42. The van der Waals surface area contributed by atoms with Gasteiger partial charge in [0.2, 0.25) is 0 Å². The molecule has 2 N–H and O–H groups in total. The van der Waals surface area contributed by atoms with Gasteiger partial charge in [0.1, 0.15) is 11.9 Å². The van der Waals surface area contributed by atoms with Crippen LogP contribution in [0.5, 0.6) is 0 Å². The molecule has 0 amide bonds. The van der Waals surface area contributed by atoms with Crippen LogP contribution < -0.4 is 10.9 Å². The Hall–Kier alpha value is -2.70. The number of aromatic nitrogens is 2. The number of hydrogen-bond donors (Lipinski definition) is 2. The average Bonchev–Trinajstić information content (AvgIpc) is 2.90. The maximum absolute atomic E-state index is 13.4. The lowest BCUT2D eigenvalue weighted by atomic mass is 10.1. The van der Waals surface area contributed by atoms with E-state index in [2.05, 4.69) is 10.3 Å². The zero-order valence-electron chi connectivity index (χ0n) is 12.5. The molecule has 23 heavy (non-hydrogen) atoms. The summed E-state index contributed by atoms with van der Waals surface area (Å²) in [5, 5.41) is 12.1. The summed E-state index contributed by atoms with van der Waals surface area (Å²) in [7, 11) is 0. The molecule has 120 valence electrons. The third-order valence-electron chi connectivity index (χ3n) is 3.91. The molecule has 6 nitrogen and oxygen atoms in total. The Bertz CT molecular complexity index is 812. The minimum atomic E-state index is -1.02. The van der Waals surface area contributed by atoms with Crippen LogP contribution in [0.4, 0.5) is 10.2 Å². The number of hydrogen-bond acceptors (Lipinski definition) is 4. The highest BCUT2D eigenvalue weighted by Gasteiger charge is 2.30. The average molecular weight is 317 g/mol. The first kappa shape index (κ1) is 15.2. The van der Waals surface area contributed by atoms with E-state index < -0.39 is 17.6 Å². The number of nitrogens with one attached hydrogen (secondary N) is 1. The minimum absolute atomic E-state index is 0.0730. The van der Waals surface area contributed by atoms with Crippen LogP contribution in [0.25, 0.3) is 0 Å². The number of carboxylic acid groups (broad SMARTS) is 1. The van der Waals surface area contributed by atoms with E-state index in [0.29, 0.717) is 24.1 Å². The van der Waals surface area contributed by atoms with Crippen molar-refractivity contribution in [2.24, 2.45) is 0 Å². The van der Waals surface area contributed by atoms with Crippen LogP contribution in [0.15, 0.2) is 29.2 Å². The molecule has 2 heterocycles. The molecule has 0 saturated carbocycles. The molecule has 7 heteroatoms. The number of nitrogens with zero attached hydrogens (tertiary/aromatic N) is 2. The van der Waals surface area contributed by atoms with Crippen molar-refractivity contribution in [3.8, 4) is 0 Å². The van der Waals surface area contributed by atoms with E-state index in [9.17, 15) is 19.1 Å². The van der Waals surface area contributed by atoms with Gasteiger partial charge in [-0.2, -0.15) is 0 Å². The molecule has 0 radical (unpaired) electrons. The molecule has 0 spiro atoms. The Balaban J connectivity index is 1.86. The lowest BCUT2D eigenvalue weighted by molar-refractivity contribution is -0.140. The molecule has 1 atom stereocenters. The predicted molar refractivity (Wildman–Crippen MR) is 82.0 cm³/mol. The molecular formula is C16H16FN3O3. The summed E-state index contributed by atoms with van der Waals surface area (Å²) in [6, 6.07) is 3.76. The van der Waals surface area contributed by atoms with Gasteiger partial charge >= 0.3 is 5.97 Å². The first-order valence-electron chi connectivity index (χ1n) is 7.29. The van der Waals surface area contributed by atoms with Gasteiger partial charge in [0.05, 0.1) is 0 Å². The highest BCUT2D eigenvalue weighted by Crippen LogP contribution is 2.23. The van der Waals surface area contributed by atoms with E-state index in [1.165, 1.54) is 22.9 Å². The van der Waals surface area contributed by atoms with E-state index >= 15 is 0 Å². The summed E-state index contributed by atoms with van der Waals surface area (Å²) < 4.78 is 14.7. The van der Waals surface area contributed by atoms with E-state index in [1.807, 2.05) is 0 Å². The number of carbonyl (C=O) groups is 1. The number of aliphatic carboxylic acids is 1. The zero-order valence-corrected chi connectivity index (χ0v) is 12.5. The Morgan fingerprint density at radius 1 is 1.48 bits per heavy atom. The third kappa shape index (κ3) is 2.94. The van der Waals surface area contributed by atoms with Crippen LogP contribution >= 0.6 is 0 Å². The van der Waals surface area contributed by atoms with Crippen molar-refractivity contribution >= 4 is 11.8 Å². The van der Waals surface area contributed by atoms with Crippen LogP contribution in [-0.4, -0.2) is 20.6 Å². The number of rotatable bonds is 4.